The lowest BCUT2D eigenvalue weighted by atomic mass is 10.2. The second-order valence-corrected chi connectivity index (χ2v) is 7.92. The molecule has 3 heteroatoms. The van der Waals surface area contributed by atoms with Crippen LogP contribution in [0.3, 0.4) is 0 Å². The van der Waals surface area contributed by atoms with Gasteiger partial charge in [-0.2, -0.15) is 0 Å². The molecule has 2 nitrogen and oxygen atoms in total. The summed E-state index contributed by atoms with van der Waals surface area (Å²) in [5.74, 6) is 0. The van der Waals surface area contributed by atoms with Gasteiger partial charge in [0, 0.05) is 31.2 Å². The van der Waals surface area contributed by atoms with E-state index in [-0.39, 0.29) is 0 Å². The van der Waals surface area contributed by atoms with Crippen LogP contribution in [0.5, 0.6) is 0 Å². The Labute approximate surface area is 173 Å². The Morgan fingerprint density at radius 2 is 1.57 bits per heavy atom. The zero-order valence-electron chi connectivity index (χ0n) is 16.8. The summed E-state index contributed by atoms with van der Waals surface area (Å²) in [5.41, 5.74) is 3.77. The van der Waals surface area contributed by atoms with Crippen LogP contribution < -0.4 is 9.80 Å². The minimum absolute atomic E-state index is 0.376. The monoisotopic (exact) mass is 388 g/mol. The van der Waals surface area contributed by atoms with Crippen molar-refractivity contribution >= 4 is 29.2 Å². The smallest absolute Gasteiger partial charge is 0.0985 e. The Morgan fingerprint density at radius 3 is 2.29 bits per heavy atom. The summed E-state index contributed by atoms with van der Waals surface area (Å²) < 4.78 is 0. The number of rotatable bonds is 7. The summed E-state index contributed by atoms with van der Waals surface area (Å²) in [6.45, 7) is 3.23. The van der Waals surface area contributed by atoms with Crippen molar-refractivity contribution in [3.05, 3.63) is 96.6 Å². The van der Waals surface area contributed by atoms with Crippen LogP contribution in [0.2, 0.25) is 0 Å². The average molecular weight is 389 g/mol. The predicted molar refractivity (Wildman–Crippen MR) is 126 cm³/mol. The molecule has 0 saturated heterocycles. The van der Waals surface area contributed by atoms with Gasteiger partial charge in [0.05, 0.1) is 11.1 Å². The van der Waals surface area contributed by atoms with Gasteiger partial charge < -0.3 is 9.80 Å². The fraction of sp³-hybridized carbons (Fsp3) is 0.200. The molecular formula is C25H28N2S. The molecule has 1 aliphatic heterocycles. The van der Waals surface area contributed by atoms with Crippen LogP contribution in [-0.2, 0) is 0 Å². The van der Waals surface area contributed by atoms with Crippen molar-refractivity contribution < 1.29 is 0 Å². The molecule has 1 aliphatic rings. The second kappa shape index (κ2) is 10.0. The number of nitrogens with zero attached hydrogens (tertiary/aromatic N) is 2. The van der Waals surface area contributed by atoms with Gasteiger partial charge in [0.1, 0.15) is 0 Å². The molecule has 0 bridgehead atoms. The highest BCUT2D eigenvalue weighted by Crippen LogP contribution is 2.43. The topological polar surface area (TPSA) is 6.48 Å². The summed E-state index contributed by atoms with van der Waals surface area (Å²) in [6.07, 6.45) is 16.9. The summed E-state index contributed by atoms with van der Waals surface area (Å²) >= 11 is 1.91. The maximum absolute atomic E-state index is 2.44. The molecule has 1 heterocycles. The first-order valence-electron chi connectivity index (χ1n) is 9.67. The highest BCUT2D eigenvalue weighted by Gasteiger charge is 2.26. The van der Waals surface area contributed by atoms with Crippen molar-refractivity contribution in [3.8, 4) is 0 Å². The number of allylic oxidation sites excluding steroid dienone is 6. The average Bonchev–Trinajstić information content (AvgIpc) is 3.07. The van der Waals surface area contributed by atoms with Crippen LogP contribution in [0.15, 0.2) is 96.0 Å². The Balaban J connectivity index is 1.48. The molecule has 0 spiro atoms. The van der Waals surface area contributed by atoms with Gasteiger partial charge in [0.25, 0.3) is 0 Å². The minimum Gasteiger partial charge on any atom is -0.378 e. The fourth-order valence-corrected chi connectivity index (χ4v) is 4.37. The maximum atomic E-state index is 2.44. The van der Waals surface area contributed by atoms with Gasteiger partial charge in [-0.05, 0) is 36.8 Å². The lowest BCUT2D eigenvalue weighted by Crippen LogP contribution is -2.27. The quantitative estimate of drug-likeness (QED) is 0.507. The maximum Gasteiger partial charge on any atom is 0.0985 e. The van der Waals surface area contributed by atoms with E-state index in [1.54, 1.807) is 0 Å². The largest absolute Gasteiger partial charge is 0.378 e. The number of para-hydroxylation sites is 1. The molecule has 28 heavy (non-hydrogen) atoms. The van der Waals surface area contributed by atoms with Crippen molar-refractivity contribution in [1.29, 1.82) is 0 Å². The lowest BCUT2D eigenvalue weighted by molar-refractivity contribution is 0.878. The number of thioether (sulfide) groups is 1. The van der Waals surface area contributed by atoms with Crippen LogP contribution in [-0.4, -0.2) is 26.0 Å². The van der Waals surface area contributed by atoms with Crippen LogP contribution in [0.4, 0.5) is 11.4 Å². The van der Waals surface area contributed by atoms with E-state index in [1.165, 1.54) is 21.8 Å². The normalized spacial score (nSPS) is 16.8. The van der Waals surface area contributed by atoms with E-state index in [2.05, 4.69) is 128 Å². The zero-order chi connectivity index (χ0) is 19.8. The SMILES string of the molecule is CCN1c2ccccc2SC1C=CC=CC=CC=Cc1ccc(N(C)C)cc1. The number of anilines is 2. The molecule has 0 aliphatic carbocycles. The number of hydrogen-bond donors (Lipinski definition) is 0. The summed E-state index contributed by atoms with van der Waals surface area (Å²) in [6, 6.07) is 17.2. The first kappa shape index (κ1) is 20.1. The van der Waals surface area contributed by atoms with Crippen LogP contribution in [0, 0.1) is 0 Å². The predicted octanol–water partition coefficient (Wildman–Crippen LogP) is 6.39. The molecule has 0 amide bonds. The molecule has 0 fully saturated rings. The highest BCUT2D eigenvalue weighted by molar-refractivity contribution is 8.00. The van der Waals surface area contributed by atoms with E-state index >= 15 is 0 Å². The van der Waals surface area contributed by atoms with Gasteiger partial charge >= 0.3 is 0 Å². The molecule has 2 aromatic rings. The zero-order valence-corrected chi connectivity index (χ0v) is 17.6. The fourth-order valence-electron chi connectivity index (χ4n) is 3.08. The Kier molecular flexibility index (Phi) is 7.21. The number of hydrogen-bond acceptors (Lipinski definition) is 3. The third-order valence-electron chi connectivity index (χ3n) is 4.60. The molecule has 0 saturated carbocycles. The van der Waals surface area contributed by atoms with Crippen molar-refractivity contribution in [1.82, 2.24) is 0 Å². The van der Waals surface area contributed by atoms with Gasteiger partial charge in [-0.3, -0.25) is 0 Å². The van der Waals surface area contributed by atoms with Crippen LogP contribution >= 0.6 is 11.8 Å². The minimum atomic E-state index is 0.376. The Hall–Kier alpha value is -2.65. The van der Waals surface area contributed by atoms with Crippen molar-refractivity contribution in [2.24, 2.45) is 0 Å². The molecule has 0 N–H and O–H groups in total. The number of fused-ring (bicyclic) bond motifs is 1. The standard InChI is InChI=1S/C25H28N2S/c1-4-27-23-14-11-12-15-24(23)28-25(27)16-10-8-6-5-7-9-13-21-17-19-22(20-18-21)26(2)3/h5-20,25H,4H2,1-3H3. The summed E-state index contributed by atoms with van der Waals surface area (Å²) in [5, 5.41) is 0.376. The first-order chi connectivity index (χ1) is 13.7. The van der Waals surface area contributed by atoms with Gasteiger partial charge in [-0.15, -0.1) is 0 Å². The van der Waals surface area contributed by atoms with Gasteiger partial charge in [0.2, 0.25) is 0 Å². The second-order valence-electron chi connectivity index (χ2n) is 6.76. The van der Waals surface area contributed by atoms with Crippen molar-refractivity contribution in [2.45, 2.75) is 17.2 Å². The number of benzene rings is 2. The van der Waals surface area contributed by atoms with Crippen molar-refractivity contribution in [3.63, 3.8) is 0 Å². The van der Waals surface area contributed by atoms with E-state index < -0.39 is 0 Å². The third-order valence-corrected chi connectivity index (χ3v) is 5.85. The van der Waals surface area contributed by atoms with Crippen LogP contribution in [0.1, 0.15) is 12.5 Å². The van der Waals surface area contributed by atoms with Gasteiger partial charge in [0.15, 0.2) is 0 Å². The molecular weight excluding hydrogens is 360 g/mol. The Bertz CT molecular complexity index is 876. The highest BCUT2D eigenvalue weighted by atomic mass is 32.2. The van der Waals surface area contributed by atoms with E-state index in [4.69, 9.17) is 0 Å². The third kappa shape index (κ3) is 5.20. The summed E-state index contributed by atoms with van der Waals surface area (Å²) in [7, 11) is 4.11. The van der Waals surface area contributed by atoms with Gasteiger partial charge in [-0.25, -0.2) is 0 Å². The lowest BCUT2D eigenvalue weighted by Gasteiger charge is -2.22. The summed E-state index contributed by atoms with van der Waals surface area (Å²) in [4.78, 5) is 5.91. The van der Waals surface area contributed by atoms with E-state index in [0.29, 0.717) is 5.37 Å². The number of likely N-dealkylation sites (N-methyl/N-ethyl adjacent to an activating group) is 1. The molecule has 1 atom stereocenters. The van der Waals surface area contributed by atoms with Crippen LogP contribution in [0.25, 0.3) is 6.08 Å². The van der Waals surface area contributed by atoms with E-state index in [1.807, 2.05) is 11.8 Å². The molecule has 0 radical (unpaired) electrons. The Morgan fingerprint density at radius 1 is 0.893 bits per heavy atom. The van der Waals surface area contributed by atoms with E-state index in [9.17, 15) is 0 Å². The van der Waals surface area contributed by atoms with E-state index in [0.717, 1.165) is 6.54 Å². The first-order valence-corrected chi connectivity index (χ1v) is 10.5. The molecule has 1 unspecified atom stereocenters. The van der Waals surface area contributed by atoms with Crippen molar-refractivity contribution in [2.75, 3.05) is 30.4 Å². The molecule has 144 valence electrons. The van der Waals surface area contributed by atoms with Gasteiger partial charge in [-0.1, -0.05) is 84.6 Å². The molecule has 3 rings (SSSR count). The molecule has 0 aromatic heterocycles. The molecule has 2 aromatic carbocycles.